The second-order valence-electron chi connectivity index (χ2n) is 9.47. The highest BCUT2D eigenvalue weighted by Gasteiger charge is 2.52. The molecule has 1 heterocycles. The van der Waals surface area contributed by atoms with Crippen molar-refractivity contribution in [3.8, 4) is 5.75 Å². The number of aliphatic hydroxyl groups is 1. The molecule has 1 amide bonds. The number of carbonyl (C=O) groups is 1. The first-order chi connectivity index (χ1) is 20.0. The van der Waals surface area contributed by atoms with Crippen LogP contribution in [0.4, 0.5) is 0 Å². The van der Waals surface area contributed by atoms with Gasteiger partial charge in [0.1, 0.15) is 5.75 Å². The Hall–Kier alpha value is -3.50. The zero-order valence-corrected chi connectivity index (χ0v) is 24.8. The van der Waals surface area contributed by atoms with E-state index in [2.05, 4.69) is 21.2 Å². The molecule has 0 aromatic heterocycles. The Morgan fingerprint density at radius 1 is 1.07 bits per heavy atom. The summed E-state index contributed by atoms with van der Waals surface area (Å²) in [6, 6.07) is 25.0. The van der Waals surface area contributed by atoms with Crippen molar-refractivity contribution in [2.45, 2.75) is 30.8 Å². The van der Waals surface area contributed by atoms with Gasteiger partial charge in [0.2, 0.25) is 5.90 Å². The molecule has 3 aromatic rings. The largest absolute Gasteiger partial charge is 0.494 e. The fourth-order valence-corrected chi connectivity index (χ4v) is 4.75. The molecule has 4 rings (SSSR count). The van der Waals surface area contributed by atoms with E-state index in [1.165, 1.54) is 14.2 Å². The number of halogens is 1. The van der Waals surface area contributed by atoms with Crippen LogP contribution in [0.3, 0.4) is 0 Å². The molecule has 9 heteroatoms. The van der Waals surface area contributed by atoms with E-state index in [4.69, 9.17) is 29.0 Å². The lowest BCUT2D eigenvalue weighted by Crippen LogP contribution is -2.50. The molecule has 1 aliphatic heterocycles. The molecule has 2 N–H and O–H groups in total. The summed E-state index contributed by atoms with van der Waals surface area (Å²) in [5.41, 5.74) is 1.24. The topological polar surface area (TPSA) is 98.6 Å². The van der Waals surface area contributed by atoms with Crippen LogP contribution in [0, 0.1) is 0 Å². The molecular formula is C32H35BrN2O6. The normalized spacial score (nSPS) is 18.4. The molecule has 3 aromatic carbocycles. The molecule has 0 saturated carbocycles. The van der Waals surface area contributed by atoms with E-state index in [-0.39, 0.29) is 25.5 Å². The maximum absolute atomic E-state index is 14.1. The summed E-state index contributed by atoms with van der Waals surface area (Å²) in [6.07, 6.45) is 3.46. The Balaban J connectivity index is 1.72. The standard InChI is InChI=1S/C32H35BrN2O6/c1-38-28(39-2)22-34-31(37)32(19-6-10-23-8-4-3-5-9-23)29(24-11-15-26(33)16-12-24)41-30(35-32)25-13-17-27(18-14-25)40-21-7-20-36/h3-6,8-18,28-29,36H,7,19-22H2,1-2H3,(H,34,37)/b10-6+/t29-,32-/m1/s1. The van der Waals surface area contributed by atoms with Gasteiger partial charge in [-0.25, -0.2) is 4.99 Å². The number of aliphatic hydroxyl groups excluding tert-OH is 1. The third-order valence-electron chi connectivity index (χ3n) is 6.70. The Bertz CT molecular complexity index is 1310. The number of amides is 1. The molecule has 8 nitrogen and oxygen atoms in total. The maximum Gasteiger partial charge on any atom is 0.252 e. The number of methoxy groups -OCH3 is 2. The molecule has 41 heavy (non-hydrogen) atoms. The van der Waals surface area contributed by atoms with Gasteiger partial charge in [0.15, 0.2) is 17.9 Å². The van der Waals surface area contributed by atoms with E-state index in [0.717, 1.165) is 21.2 Å². The highest BCUT2D eigenvalue weighted by Crippen LogP contribution is 2.43. The Morgan fingerprint density at radius 3 is 2.44 bits per heavy atom. The zero-order valence-electron chi connectivity index (χ0n) is 23.2. The van der Waals surface area contributed by atoms with E-state index in [9.17, 15) is 4.79 Å². The lowest BCUT2D eigenvalue weighted by atomic mass is 9.84. The first-order valence-corrected chi connectivity index (χ1v) is 14.2. The fourth-order valence-electron chi connectivity index (χ4n) is 4.48. The second kappa shape index (κ2) is 14.9. The Labute approximate surface area is 249 Å². The first kappa shape index (κ1) is 30.5. The molecule has 0 saturated heterocycles. The summed E-state index contributed by atoms with van der Waals surface area (Å²) >= 11 is 3.50. The van der Waals surface area contributed by atoms with E-state index >= 15 is 0 Å². The summed E-state index contributed by atoms with van der Waals surface area (Å²) in [5.74, 6) is 0.726. The van der Waals surface area contributed by atoms with Crippen molar-refractivity contribution in [1.82, 2.24) is 5.32 Å². The lowest BCUT2D eigenvalue weighted by Gasteiger charge is -2.30. The van der Waals surface area contributed by atoms with Crippen LogP contribution in [0.15, 0.2) is 94.4 Å². The number of nitrogens with zero attached hydrogens (tertiary/aromatic N) is 1. The van der Waals surface area contributed by atoms with E-state index in [0.29, 0.717) is 24.7 Å². The average molecular weight is 624 g/mol. The smallest absolute Gasteiger partial charge is 0.252 e. The molecular weight excluding hydrogens is 588 g/mol. The van der Waals surface area contributed by atoms with Gasteiger partial charge in [-0.2, -0.15) is 0 Å². The fraction of sp³-hybridized carbons (Fsp3) is 0.312. The van der Waals surface area contributed by atoms with Crippen LogP contribution in [0.5, 0.6) is 5.75 Å². The molecule has 216 valence electrons. The molecule has 0 aliphatic carbocycles. The van der Waals surface area contributed by atoms with Gasteiger partial charge in [-0.3, -0.25) is 4.79 Å². The van der Waals surface area contributed by atoms with Crippen LogP contribution < -0.4 is 10.1 Å². The van der Waals surface area contributed by atoms with Crippen LogP contribution in [0.25, 0.3) is 6.08 Å². The highest BCUT2D eigenvalue weighted by atomic mass is 79.9. The van der Waals surface area contributed by atoms with Crippen molar-refractivity contribution in [2.24, 2.45) is 4.99 Å². The van der Waals surface area contributed by atoms with Crippen molar-refractivity contribution >= 4 is 33.8 Å². The molecule has 0 unspecified atom stereocenters. The van der Waals surface area contributed by atoms with Crippen molar-refractivity contribution in [3.63, 3.8) is 0 Å². The molecule has 0 spiro atoms. The minimum atomic E-state index is -1.31. The zero-order chi connectivity index (χ0) is 29.1. The third-order valence-corrected chi connectivity index (χ3v) is 7.23. The van der Waals surface area contributed by atoms with Crippen LogP contribution in [0.2, 0.25) is 0 Å². The van der Waals surface area contributed by atoms with Crippen LogP contribution in [-0.2, 0) is 19.0 Å². The van der Waals surface area contributed by atoms with Gasteiger partial charge in [-0.1, -0.05) is 70.5 Å². The minimum absolute atomic E-state index is 0.0680. The summed E-state index contributed by atoms with van der Waals surface area (Å²) in [4.78, 5) is 19.1. The SMILES string of the molecule is COC(CNC(=O)[C@]1(C/C=C/c2ccccc2)N=C(c2ccc(OCCCO)cc2)O[C@@H]1c1ccc(Br)cc1)OC. The molecule has 0 radical (unpaired) electrons. The number of hydrogen-bond donors (Lipinski definition) is 2. The predicted molar refractivity (Wildman–Crippen MR) is 162 cm³/mol. The van der Waals surface area contributed by atoms with E-state index in [1.54, 1.807) is 0 Å². The summed E-state index contributed by atoms with van der Waals surface area (Å²) in [7, 11) is 3.05. The number of ether oxygens (including phenoxy) is 4. The number of carbonyl (C=O) groups excluding carboxylic acids is 1. The predicted octanol–water partition coefficient (Wildman–Crippen LogP) is 5.31. The summed E-state index contributed by atoms with van der Waals surface area (Å²) in [6.45, 7) is 0.631. The maximum atomic E-state index is 14.1. The molecule has 0 bridgehead atoms. The van der Waals surface area contributed by atoms with Crippen LogP contribution in [0.1, 0.15) is 35.6 Å². The van der Waals surface area contributed by atoms with Crippen molar-refractivity contribution < 1.29 is 28.8 Å². The van der Waals surface area contributed by atoms with E-state index < -0.39 is 17.9 Å². The summed E-state index contributed by atoms with van der Waals surface area (Å²) in [5, 5.41) is 12.0. The molecule has 1 aliphatic rings. The van der Waals surface area contributed by atoms with Crippen LogP contribution >= 0.6 is 15.9 Å². The van der Waals surface area contributed by atoms with Crippen molar-refractivity contribution in [3.05, 3.63) is 106 Å². The number of rotatable bonds is 14. The molecule has 0 fully saturated rings. The first-order valence-electron chi connectivity index (χ1n) is 13.4. The lowest BCUT2D eigenvalue weighted by molar-refractivity contribution is -0.134. The highest BCUT2D eigenvalue weighted by molar-refractivity contribution is 9.10. The Morgan fingerprint density at radius 2 is 1.78 bits per heavy atom. The number of benzene rings is 3. The van der Waals surface area contributed by atoms with Gasteiger partial charge in [-0.15, -0.1) is 0 Å². The number of nitrogens with one attached hydrogen (secondary N) is 1. The summed E-state index contributed by atoms with van der Waals surface area (Å²) < 4.78 is 23.7. The van der Waals surface area contributed by atoms with Gasteiger partial charge in [0, 0.05) is 43.7 Å². The number of hydrogen-bond acceptors (Lipinski definition) is 7. The van der Waals surface area contributed by atoms with Crippen molar-refractivity contribution in [1.29, 1.82) is 0 Å². The molecule has 2 atom stereocenters. The Kier molecular flexibility index (Phi) is 11.1. The minimum Gasteiger partial charge on any atom is -0.494 e. The monoisotopic (exact) mass is 622 g/mol. The third kappa shape index (κ3) is 7.83. The van der Waals surface area contributed by atoms with Gasteiger partial charge >= 0.3 is 0 Å². The van der Waals surface area contributed by atoms with Gasteiger partial charge in [-0.05, 0) is 47.5 Å². The van der Waals surface area contributed by atoms with Gasteiger partial charge in [0.05, 0.1) is 13.2 Å². The van der Waals surface area contributed by atoms with Gasteiger partial charge in [0.25, 0.3) is 5.91 Å². The second-order valence-corrected chi connectivity index (χ2v) is 10.4. The number of aliphatic imine (C=N–C) groups is 1. The van der Waals surface area contributed by atoms with E-state index in [1.807, 2.05) is 91.0 Å². The quantitative estimate of drug-likeness (QED) is 0.187. The van der Waals surface area contributed by atoms with Gasteiger partial charge < -0.3 is 29.4 Å². The van der Waals surface area contributed by atoms with Crippen LogP contribution in [-0.4, -0.2) is 62.7 Å². The average Bonchev–Trinajstić information content (AvgIpc) is 3.39. The van der Waals surface area contributed by atoms with Crippen molar-refractivity contribution in [2.75, 3.05) is 34.0 Å².